The molecule has 2 aromatic rings. The molecule has 98 valence electrons. The standard InChI is InChI=1S/C12H12N4O2S/c1-16-11(9(7-14-16)10(13)19)15-12(17)18-8-5-3-2-4-6-8/h2-7H,1H3,(H2,13,19)(H,15,17). The van der Waals surface area contributed by atoms with Crippen LogP contribution in [-0.4, -0.2) is 20.9 Å². The Kier molecular flexibility index (Phi) is 3.76. The van der Waals surface area contributed by atoms with Crippen molar-refractivity contribution in [2.24, 2.45) is 12.8 Å². The fourth-order valence-corrected chi connectivity index (χ4v) is 1.63. The molecule has 0 radical (unpaired) electrons. The molecule has 1 aromatic heterocycles. The first-order chi connectivity index (χ1) is 9.08. The molecule has 1 heterocycles. The van der Waals surface area contributed by atoms with Gasteiger partial charge in [0.15, 0.2) is 0 Å². The van der Waals surface area contributed by atoms with Crippen LogP contribution < -0.4 is 15.8 Å². The van der Waals surface area contributed by atoms with Gasteiger partial charge in [0.05, 0.1) is 11.8 Å². The molecule has 0 saturated carbocycles. The zero-order valence-electron chi connectivity index (χ0n) is 10.2. The Balaban J connectivity index is 2.11. The van der Waals surface area contributed by atoms with E-state index in [2.05, 4.69) is 10.4 Å². The van der Waals surface area contributed by atoms with Crippen molar-refractivity contribution in [3.05, 3.63) is 42.1 Å². The Morgan fingerprint density at radius 3 is 2.74 bits per heavy atom. The zero-order chi connectivity index (χ0) is 13.8. The van der Waals surface area contributed by atoms with Crippen LogP contribution in [-0.2, 0) is 7.05 Å². The van der Waals surface area contributed by atoms with Crippen molar-refractivity contribution < 1.29 is 9.53 Å². The summed E-state index contributed by atoms with van der Waals surface area (Å²) in [6.45, 7) is 0. The fraction of sp³-hybridized carbons (Fsp3) is 0.0833. The number of carbonyl (C=O) groups is 1. The highest BCUT2D eigenvalue weighted by molar-refractivity contribution is 7.80. The molecule has 3 N–H and O–H groups in total. The van der Waals surface area contributed by atoms with E-state index in [9.17, 15) is 4.79 Å². The van der Waals surface area contributed by atoms with Gasteiger partial charge in [-0.3, -0.25) is 10.00 Å². The van der Waals surface area contributed by atoms with Crippen LogP contribution in [0.4, 0.5) is 10.6 Å². The number of carbonyl (C=O) groups excluding carboxylic acids is 1. The van der Waals surface area contributed by atoms with Crippen molar-refractivity contribution in [2.45, 2.75) is 0 Å². The van der Waals surface area contributed by atoms with Gasteiger partial charge >= 0.3 is 6.09 Å². The van der Waals surface area contributed by atoms with Crippen LogP contribution in [0.3, 0.4) is 0 Å². The molecular weight excluding hydrogens is 264 g/mol. The van der Waals surface area contributed by atoms with Gasteiger partial charge in [0.2, 0.25) is 0 Å². The van der Waals surface area contributed by atoms with Crippen molar-refractivity contribution in [1.29, 1.82) is 0 Å². The monoisotopic (exact) mass is 276 g/mol. The third-order valence-electron chi connectivity index (χ3n) is 2.38. The molecule has 1 amide bonds. The topological polar surface area (TPSA) is 82.2 Å². The minimum absolute atomic E-state index is 0.156. The Labute approximate surface area is 115 Å². The number of rotatable bonds is 3. The van der Waals surface area contributed by atoms with Gasteiger partial charge in [-0.05, 0) is 12.1 Å². The zero-order valence-corrected chi connectivity index (χ0v) is 11.0. The van der Waals surface area contributed by atoms with Crippen LogP contribution in [0.1, 0.15) is 5.56 Å². The summed E-state index contributed by atoms with van der Waals surface area (Å²) in [6.07, 6.45) is 0.854. The Hall–Kier alpha value is -2.41. The molecule has 6 nitrogen and oxygen atoms in total. The molecule has 0 saturated heterocycles. The van der Waals surface area contributed by atoms with Gasteiger partial charge in [0, 0.05) is 7.05 Å². The maximum atomic E-state index is 11.7. The predicted octanol–water partition coefficient (Wildman–Crippen LogP) is 1.67. The average molecular weight is 276 g/mol. The van der Waals surface area contributed by atoms with E-state index >= 15 is 0 Å². The van der Waals surface area contributed by atoms with Gasteiger partial charge in [-0.1, -0.05) is 30.4 Å². The predicted molar refractivity (Wildman–Crippen MR) is 75.2 cm³/mol. The summed E-state index contributed by atoms with van der Waals surface area (Å²) in [7, 11) is 1.67. The highest BCUT2D eigenvalue weighted by Crippen LogP contribution is 2.15. The fourth-order valence-electron chi connectivity index (χ4n) is 1.48. The lowest BCUT2D eigenvalue weighted by Crippen LogP contribution is -2.21. The summed E-state index contributed by atoms with van der Waals surface area (Å²) in [4.78, 5) is 11.9. The highest BCUT2D eigenvalue weighted by Gasteiger charge is 2.14. The number of hydrogen-bond acceptors (Lipinski definition) is 4. The minimum Gasteiger partial charge on any atom is -0.410 e. The number of amides is 1. The molecule has 0 fully saturated rings. The number of aromatic nitrogens is 2. The maximum Gasteiger partial charge on any atom is 0.418 e. The molecular formula is C12H12N4O2S. The Bertz CT molecular complexity index is 609. The lowest BCUT2D eigenvalue weighted by Gasteiger charge is -2.08. The van der Waals surface area contributed by atoms with Crippen molar-refractivity contribution in [1.82, 2.24) is 9.78 Å². The molecule has 0 unspecified atom stereocenters. The smallest absolute Gasteiger partial charge is 0.410 e. The van der Waals surface area contributed by atoms with Gasteiger partial charge in [0.25, 0.3) is 0 Å². The van der Waals surface area contributed by atoms with Crippen LogP contribution in [0.5, 0.6) is 5.75 Å². The second kappa shape index (κ2) is 5.49. The van der Waals surface area contributed by atoms with E-state index in [0.29, 0.717) is 17.1 Å². The van der Waals surface area contributed by atoms with Crippen LogP contribution in [0.2, 0.25) is 0 Å². The number of thiocarbonyl (C=S) groups is 1. The molecule has 0 bridgehead atoms. The summed E-state index contributed by atoms with van der Waals surface area (Å²) in [6, 6.07) is 8.73. The summed E-state index contributed by atoms with van der Waals surface area (Å²) < 4.78 is 6.56. The van der Waals surface area contributed by atoms with Crippen molar-refractivity contribution in [3.8, 4) is 5.75 Å². The molecule has 0 aliphatic carbocycles. The summed E-state index contributed by atoms with van der Waals surface area (Å²) in [5.74, 6) is 0.840. The van der Waals surface area contributed by atoms with Gasteiger partial charge in [-0.15, -0.1) is 0 Å². The second-order valence-electron chi connectivity index (χ2n) is 3.72. The van der Waals surface area contributed by atoms with Crippen molar-refractivity contribution >= 4 is 29.1 Å². The van der Waals surface area contributed by atoms with E-state index in [-0.39, 0.29) is 4.99 Å². The van der Waals surface area contributed by atoms with Gasteiger partial charge in [-0.25, -0.2) is 4.79 Å². The average Bonchev–Trinajstić information content (AvgIpc) is 2.72. The van der Waals surface area contributed by atoms with Gasteiger partial charge in [0.1, 0.15) is 16.6 Å². The first-order valence-corrected chi connectivity index (χ1v) is 5.84. The van der Waals surface area contributed by atoms with E-state index < -0.39 is 6.09 Å². The number of aryl methyl sites for hydroxylation is 1. The van der Waals surface area contributed by atoms with E-state index in [1.807, 2.05) is 6.07 Å². The number of nitrogens with one attached hydrogen (secondary N) is 1. The van der Waals surface area contributed by atoms with E-state index in [1.54, 1.807) is 31.3 Å². The molecule has 2 rings (SSSR count). The number of nitrogens with zero attached hydrogens (tertiary/aromatic N) is 2. The quantitative estimate of drug-likeness (QED) is 0.833. The third-order valence-corrected chi connectivity index (χ3v) is 2.60. The molecule has 0 atom stereocenters. The number of anilines is 1. The van der Waals surface area contributed by atoms with Crippen molar-refractivity contribution in [2.75, 3.05) is 5.32 Å². The SMILES string of the molecule is Cn1ncc(C(N)=S)c1NC(=O)Oc1ccccc1. The van der Waals surface area contributed by atoms with Crippen LogP contribution in [0.25, 0.3) is 0 Å². The summed E-state index contributed by atoms with van der Waals surface area (Å²) in [5, 5.41) is 6.54. The third kappa shape index (κ3) is 3.08. The van der Waals surface area contributed by atoms with Crippen molar-refractivity contribution in [3.63, 3.8) is 0 Å². The molecule has 7 heteroatoms. The largest absolute Gasteiger partial charge is 0.418 e. The molecule has 1 aromatic carbocycles. The molecule has 0 aliphatic rings. The van der Waals surface area contributed by atoms with E-state index in [0.717, 1.165) is 0 Å². The highest BCUT2D eigenvalue weighted by atomic mass is 32.1. The first-order valence-electron chi connectivity index (χ1n) is 5.43. The molecule has 0 aliphatic heterocycles. The van der Waals surface area contributed by atoms with Crippen LogP contribution >= 0.6 is 12.2 Å². The number of para-hydroxylation sites is 1. The normalized spacial score (nSPS) is 9.95. The Morgan fingerprint density at radius 2 is 2.11 bits per heavy atom. The second-order valence-corrected chi connectivity index (χ2v) is 4.16. The first kappa shape index (κ1) is 13.0. The number of ether oxygens (including phenoxy) is 1. The van der Waals surface area contributed by atoms with Crippen LogP contribution in [0.15, 0.2) is 36.5 Å². The number of nitrogens with two attached hydrogens (primary N) is 1. The van der Waals surface area contributed by atoms with Gasteiger partial charge < -0.3 is 10.5 Å². The number of benzene rings is 1. The number of hydrogen-bond donors (Lipinski definition) is 2. The molecule has 0 spiro atoms. The minimum atomic E-state index is -0.632. The maximum absolute atomic E-state index is 11.7. The van der Waals surface area contributed by atoms with E-state index in [4.69, 9.17) is 22.7 Å². The summed E-state index contributed by atoms with van der Waals surface area (Å²) in [5.41, 5.74) is 6.03. The summed E-state index contributed by atoms with van der Waals surface area (Å²) >= 11 is 4.88. The van der Waals surface area contributed by atoms with E-state index in [1.165, 1.54) is 10.9 Å². The Morgan fingerprint density at radius 1 is 1.42 bits per heavy atom. The molecule has 19 heavy (non-hydrogen) atoms. The van der Waals surface area contributed by atoms with Gasteiger partial charge in [-0.2, -0.15) is 5.10 Å². The lowest BCUT2D eigenvalue weighted by molar-refractivity contribution is 0.215. The van der Waals surface area contributed by atoms with Crippen LogP contribution in [0, 0.1) is 0 Å². The lowest BCUT2D eigenvalue weighted by atomic mass is 10.3.